The Kier molecular flexibility index (Phi) is 14.6. The fourth-order valence-electron chi connectivity index (χ4n) is 4.85. The molecule has 244 valence electrons. The molecule has 0 spiro atoms. The molecule has 1 saturated heterocycles. The van der Waals surface area contributed by atoms with Crippen molar-refractivity contribution in [1.29, 1.82) is 5.41 Å². The molecule has 0 aromatic heterocycles. The SMILES string of the molecule is CC[C@@H]1NC(=O)[C@H](CCCNC(=N)N)NC(=O)[C@@](C)(NC(=O)C(C)C)CCCCCCNC(=O)[C@H](c2ccccc2)NC1=O. The second kappa shape index (κ2) is 17.8. The van der Waals surface area contributed by atoms with Crippen LogP contribution in [0.3, 0.4) is 0 Å². The standard InChI is InChI=1S/C31H50N8O5/c1-5-22-26(41)38-24(21-14-9-8-10-15-21)28(43)34-18-12-7-6-11-17-31(4,39-25(40)20(2)3)29(44)37-23(27(42)36-22)16-13-19-35-30(32)33/h8-10,14-15,20,22-24H,5-7,11-13,16-19H2,1-4H3,(H,34,43)(H,36,42)(H,37,44)(H,38,41)(H,39,40)(H4,32,33,35)/t22-,23-,24-,31-/m0/s1. The van der Waals surface area contributed by atoms with Crippen LogP contribution in [-0.2, 0) is 24.0 Å². The third-order valence-electron chi connectivity index (χ3n) is 7.66. The van der Waals surface area contributed by atoms with Gasteiger partial charge in [-0.1, -0.05) is 70.4 Å². The number of carbonyl (C=O) groups excluding carboxylic acids is 5. The molecule has 1 aromatic carbocycles. The fourth-order valence-corrected chi connectivity index (χ4v) is 4.85. The normalized spacial score (nSPS) is 24.5. The number of amides is 5. The number of benzene rings is 1. The molecule has 13 heteroatoms. The highest BCUT2D eigenvalue weighted by Gasteiger charge is 2.38. The van der Waals surface area contributed by atoms with Gasteiger partial charge in [-0.15, -0.1) is 0 Å². The number of carbonyl (C=O) groups is 5. The van der Waals surface area contributed by atoms with Gasteiger partial charge in [-0.2, -0.15) is 0 Å². The zero-order chi connectivity index (χ0) is 32.7. The van der Waals surface area contributed by atoms with Gasteiger partial charge < -0.3 is 37.6 Å². The van der Waals surface area contributed by atoms with E-state index in [9.17, 15) is 24.0 Å². The van der Waals surface area contributed by atoms with E-state index >= 15 is 0 Å². The minimum absolute atomic E-state index is 0.180. The second-order valence-corrected chi connectivity index (χ2v) is 11.8. The molecule has 5 amide bonds. The molecule has 4 atom stereocenters. The van der Waals surface area contributed by atoms with Gasteiger partial charge in [-0.05, 0) is 44.6 Å². The molecule has 0 unspecified atom stereocenters. The summed E-state index contributed by atoms with van der Waals surface area (Å²) in [4.78, 5) is 66.6. The Bertz CT molecular complexity index is 1150. The third kappa shape index (κ3) is 11.5. The first kappa shape index (κ1) is 36.0. The summed E-state index contributed by atoms with van der Waals surface area (Å²) in [5, 5.41) is 24.2. The van der Waals surface area contributed by atoms with Crippen molar-refractivity contribution in [2.45, 2.75) is 103 Å². The number of nitrogens with two attached hydrogens (primary N) is 1. The van der Waals surface area contributed by atoms with Crippen molar-refractivity contribution < 1.29 is 24.0 Å². The van der Waals surface area contributed by atoms with Crippen LogP contribution in [0, 0.1) is 11.3 Å². The Morgan fingerprint density at radius 2 is 1.64 bits per heavy atom. The number of nitrogens with one attached hydrogen (secondary N) is 7. The second-order valence-electron chi connectivity index (χ2n) is 11.8. The maximum absolute atomic E-state index is 13.7. The quantitative estimate of drug-likeness (QED) is 0.121. The first-order valence-electron chi connectivity index (χ1n) is 15.5. The lowest BCUT2D eigenvalue weighted by Gasteiger charge is -2.33. The smallest absolute Gasteiger partial charge is 0.247 e. The summed E-state index contributed by atoms with van der Waals surface area (Å²) in [7, 11) is 0. The largest absolute Gasteiger partial charge is 0.370 e. The predicted octanol–water partition coefficient (Wildman–Crippen LogP) is 1.10. The molecule has 9 N–H and O–H groups in total. The highest BCUT2D eigenvalue weighted by molar-refractivity contribution is 5.97. The van der Waals surface area contributed by atoms with Crippen molar-refractivity contribution in [1.82, 2.24) is 31.9 Å². The van der Waals surface area contributed by atoms with Crippen LogP contribution in [0.2, 0.25) is 0 Å². The van der Waals surface area contributed by atoms with Gasteiger partial charge in [0.1, 0.15) is 23.7 Å². The Balaban J connectivity index is 2.38. The summed E-state index contributed by atoms with van der Waals surface area (Å²) >= 11 is 0. The average molecular weight is 615 g/mol. The van der Waals surface area contributed by atoms with Crippen molar-refractivity contribution in [3.05, 3.63) is 35.9 Å². The lowest BCUT2D eigenvalue weighted by atomic mass is 9.91. The first-order valence-corrected chi connectivity index (χ1v) is 15.5. The van der Waals surface area contributed by atoms with Crippen LogP contribution < -0.4 is 37.6 Å². The number of hydrogen-bond donors (Lipinski definition) is 8. The van der Waals surface area contributed by atoms with Gasteiger partial charge in [0, 0.05) is 19.0 Å². The van der Waals surface area contributed by atoms with Crippen LogP contribution in [0.5, 0.6) is 0 Å². The molecule has 1 aliphatic rings. The van der Waals surface area contributed by atoms with Crippen LogP contribution >= 0.6 is 0 Å². The molecule has 0 radical (unpaired) electrons. The highest BCUT2D eigenvalue weighted by Crippen LogP contribution is 2.19. The third-order valence-corrected chi connectivity index (χ3v) is 7.66. The summed E-state index contributed by atoms with van der Waals surface area (Å²) < 4.78 is 0. The van der Waals surface area contributed by atoms with Gasteiger partial charge in [0.25, 0.3) is 0 Å². The maximum atomic E-state index is 13.7. The van der Waals surface area contributed by atoms with Crippen molar-refractivity contribution in [2.24, 2.45) is 11.7 Å². The molecule has 44 heavy (non-hydrogen) atoms. The van der Waals surface area contributed by atoms with Crippen LogP contribution in [0.1, 0.15) is 90.7 Å². The average Bonchev–Trinajstić information content (AvgIpc) is 2.98. The molecule has 2 rings (SSSR count). The Hall–Kier alpha value is -4.16. The van der Waals surface area contributed by atoms with Gasteiger partial charge >= 0.3 is 0 Å². The van der Waals surface area contributed by atoms with Gasteiger partial charge in [-0.3, -0.25) is 29.4 Å². The Labute approximate surface area is 260 Å². The molecule has 0 bridgehead atoms. The topological polar surface area (TPSA) is 207 Å². The molecule has 0 aliphatic carbocycles. The van der Waals surface area contributed by atoms with E-state index in [4.69, 9.17) is 11.1 Å². The van der Waals surface area contributed by atoms with Crippen LogP contribution in [-0.4, -0.2) is 66.2 Å². The highest BCUT2D eigenvalue weighted by atomic mass is 16.2. The van der Waals surface area contributed by atoms with Gasteiger partial charge in [0.15, 0.2) is 5.96 Å². The van der Waals surface area contributed by atoms with Crippen molar-refractivity contribution in [3.8, 4) is 0 Å². The minimum atomic E-state index is -1.28. The van der Waals surface area contributed by atoms with Crippen LogP contribution in [0.25, 0.3) is 0 Å². The predicted molar refractivity (Wildman–Crippen MR) is 168 cm³/mol. The summed E-state index contributed by atoms with van der Waals surface area (Å²) in [5.41, 5.74) is 4.71. The van der Waals surface area contributed by atoms with Crippen LogP contribution in [0.15, 0.2) is 30.3 Å². The molecular formula is C31H50N8O5. The summed E-state index contributed by atoms with van der Waals surface area (Å²) in [6, 6.07) is 5.92. The van der Waals surface area contributed by atoms with Gasteiger partial charge in [0.05, 0.1) is 0 Å². The zero-order valence-corrected chi connectivity index (χ0v) is 26.4. The van der Waals surface area contributed by atoms with E-state index in [2.05, 4.69) is 31.9 Å². The van der Waals surface area contributed by atoms with E-state index in [1.54, 1.807) is 52.0 Å². The first-order chi connectivity index (χ1) is 20.9. The number of guanidine groups is 1. The number of rotatable bonds is 8. The molecule has 1 aromatic rings. The Morgan fingerprint density at radius 3 is 2.27 bits per heavy atom. The zero-order valence-electron chi connectivity index (χ0n) is 26.4. The van der Waals surface area contributed by atoms with Crippen molar-refractivity contribution in [2.75, 3.05) is 13.1 Å². The summed E-state index contributed by atoms with van der Waals surface area (Å²) in [6.07, 6.45) is 4.02. The van der Waals surface area contributed by atoms with E-state index in [0.717, 1.165) is 12.8 Å². The maximum Gasteiger partial charge on any atom is 0.247 e. The Morgan fingerprint density at radius 1 is 0.977 bits per heavy atom. The van der Waals surface area contributed by atoms with Crippen molar-refractivity contribution >= 4 is 35.5 Å². The molecule has 0 saturated carbocycles. The van der Waals surface area contributed by atoms with Gasteiger partial charge in [-0.25, -0.2) is 0 Å². The lowest BCUT2D eigenvalue weighted by molar-refractivity contribution is -0.137. The molecule has 1 heterocycles. The van der Waals surface area contributed by atoms with E-state index in [1.807, 2.05) is 6.07 Å². The van der Waals surface area contributed by atoms with E-state index in [1.165, 1.54) is 0 Å². The van der Waals surface area contributed by atoms with E-state index < -0.39 is 41.4 Å². The summed E-state index contributed by atoms with van der Waals surface area (Å²) in [6.45, 7) is 7.57. The summed E-state index contributed by atoms with van der Waals surface area (Å²) in [5.74, 6) is -2.82. The fraction of sp³-hybridized carbons (Fsp3) is 0.613. The van der Waals surface area contributed by atoms with E-state index in [-0.39, 0.29) is 36.5 Å². The number of hydrogen-bond acceptors (Lipinski definition) is 6. The minimum Gasteiger partial charge on any atom is -0.370 e. The molecule has 13 nitrogen and oxygen atoms in total. The van der Waals surface area contributed by atoms with Gasteiger partial charge in [0.2, 0.25) is 29.5 Å². The molecule has 1 aliphatic heterocycles. The van der Waals surface area contributed by atoms with Crippen molar-refractivity contribution in [3.63, 3.8) is 0 Å². The lowest BCUT2D eigenvalue weighted by Crippen LogP contribution is -2.62. The van der Waals surface area contributed by atoms with E-state index in [0.29, 0.717) is 44.3 Å². The van der Waals surface area contributed by atoms with Crippen LogP contribution in [0.4, 0.5) is 0 Å². The molecular weight excluding hydrogens is 564 g/mol. The molecule has 1 fully saturated rings. The monoisotopic (exact) mass is 614 g/mol.